The van der Waals surface area contributed by atoms with Crippen LogP contribution in [0.1, 0.15) is 36.0 Å². The van der Waals surface area contributed by atoms with E-state index in [1.165, 1.54) is 18.9 Å². The van der Waals surface area contributed by atoms with E-state index in [9.17, 15) is 9.18 Å². The molecule has 0 aliphatic heterocycles. The fourth-order valence-corrected chi connectivity index (χ4v) is 3.40. The van der Waals surface area contributed by atoms with Gasteiger partial charge < -0.3 is 4.90 Å². The Morgan fingerprint density at radius 2 is 2.05 bits per heavy atom. The number of amides is 1. The SMILES string of the molecule is O=C(c1cccc(F)c1Br)N(CCBr)C1CCCC1. The van der Waals surface area contributed by atoms with Crippen molar-refractivity contribution in [3.8, 4) is 0 Å². The summed E-state index contributed by atoms with van der Waals surface area (Å²) < 4.78 is 13.8. The van der Waals surface area contributed by atoms with Gasteiger partial charge in [0, 0.05) is 17.9 Å². The molecule has 1 aliphatic carbocycles. The molecule has 1 fully saturated rings. The third kappa shape index (κ3) is 3.37. The Labute approximate surface area is 129 Å². The van der Waals surface area contributed by atoms with Gasteiger partial charge in [0.2, 0.25) is 0 Å². The number of nitrogens with zero attached hydrogens (tertiary/aromatic N) is 1. The van der Waals surface area contributed by atoms with Gasteiger partial charge in [0.25, 0.3) is 5.91 Å². The summed E-state index contributed by atoms with van der Waals surface area (Å²) in [6, 6.07) is 4.89. The second kappa shape index (κ2) is 6.84. The fraction of sp³-hybridized carbons (Fsp3) is 0.500. The van der Waals surface area contributed by atoms with E-state index in [0.717, 1.165) is 18.2 Å². The third-order valence-corrected chi connectivity index (χ3v) is 4.69. The second-order valence-corrected chi connectivity index (χ2v) is 6.31. The minimum Gasteiger partial charge on any atom is -0.335 e. The standard InChI is InChI=1S/C14H16Br2FNO/c15-8-9-18(10-4-1-2-5-10)14(19)11-6-3-7-12(17)13(11)16/h3,6-7,10H,1-2,4-5,8-9H2. The second-order valence-electron chi connectivity index (χ2n) is 4.73. The Morgan fingerprint density at radius 3 is 2.68 bits per heavy atom. The Bertz CT molecular complexity index is 461. The minimum atomic E-state index is -0.393. The Morgan fingerprint density at radius 1 is 1.37 bits per heavy atom. The summed E-state index contributed by atoms with van der Waals surface area (Å²) in [5, 5.41) is 0.738. The molecule has 1 saturated carbocycles. The lowest BCUT2D eigenvalue weighted by atomic mass is 10.1. The van der Waals surface area contributed by atoms with Crippen LogP contribution >= 0.6 is 31.9 Å². The van der Waals surface area contributed by atoms with E-state index < -0.39 is 5.82 Å². The van der Waals surface area contributed by atoms with Crippen LogP contribution in [0, 0.1) is 5.82 Å². The highest BCUT2D eigenvalue weighted by molar-refractivity contribution is 9.10. The number of benzene rings is 1. The number of rotatable bonds is 4. The molecule has 19 heavy (non-hydrogen) atoms. The van der Waals surface area contributed by atoms with Crippen LogP contribution in [0.2, 0.25) is 0 Å². The van der Waals surface area contributed by atoms with Crippen LogP contribution < -0.4 is 0 Å². The van der Waals surface area contributed by atoms with E-state index in [1.807, 2.05) is 4.90 Å². The van der Waals surface area contributed by atoms with Crippen LogP contribution in [-0.2, 0) is 0 Å². The highest BCUT2D eigenvalue weighted by atomic mass is 79.9. The molecule has 0 spiro atoms. The summed E-state index contributed by atoms with van der Waals surface area (Å²) >= 11 is 6.57. The summed E-state index contributed by atoms with van der Waals surface area (Å²) in [4.78, 5) is 14.5. The average Bonchev–Trinajstić information content (AvgIpc) is 2.92. The minimum absolute atomic E-state index is 0.0854. The first kappa shape index (κ1) is 15.0. The predicted octanol–water partition coefficient (Wildman–Crippen LogP) is 4.37. The van der Waals surface area contributed by atoms with Gasteiger partial charge in [-0.3, -0.25) is 4.79 Å². The van der Waals surface area contributed by atoms with Crippen molar-refractivity contribution < 1.29 is 9.18 Å². The number of carbonyl (C=O) groups is 1. The van der Waals surface area contributed by atoms with Crippen LogP contribution in [0.4, 0.5) is 4.39 Å². The molecule has 0 N–H and O–H groups in total. The summed E-state index contributed by atoms with van der Waals surface area (Å²) in [7, 11) is 0. The molecule has 1 aromatic rings. The van der Waals surface area contributed by atoms with Gasteiger partial charge in [-0.05, 0) is 40.9 Å². The number of hydrogen-bond acceptors (Lipinski definition) is 1. The molecule has 1 aromatic carbocycles. The number of halogens is 3. The maximum Gasteiger partial charge on any atom is 0.255 e. The largest absolute Gasteiger partial charge is 0.335 e. The quantitative estimate of drug-likeness (QED) is 0.696. The van der Waals surface area contributed by atoms with Gasteiger partial charge in [-0.15, -0.1) is 0 Å². The molecule has 5 heteroatoms. The lowest BCUT2D eigenvalue weighted by Gasteiger charge is -2.28. The van der Waals surface area contributed by atoms with E-state index in [2.05, 4.69) is 31.9 Å². The first-order chi connectivity index (χ1) is 9.15. The van der Waals surface area contributed by atoms with Gasteiger partial charge in [0.1, 0.15) is 5.82 Å². The van der Waals surface area contributed by atoms with Crippen molar-refractivity contribution in [1.29, 1.82) is 0 Å². The lowest BCUT2D eigenvalue weighted by Crippen LogP contribution is -2.40. The zero-order chi connectivity index (χ0) is 13.8. The molecular formula is C14H16Br2FNO. The van der Waals surface area contributed by atoms with Crippen molar-refractivity contribution in [3.63, 3.8) is 0 Å². The highest BCUT2D eigenvalue weighted by Crippen LogP contribution is 2.27. The smallest absolute Gasteiger partial charge is 0.255 e. The van der Waals surface area contributed by atoms with Crippen molar-refractivity contribution in [3.05, 3.63) is 34.1 Å². The van der Waals surface area contributed by atoms with E-state index in [4.69, 9.17) is 0 Å². The van der Waals surface area contributed by atoms with Crippen molar-refractivity contribution in [2.75, 3.05) is 11.9 Å². The predicted molar refractivity (Wildman–Crippen MR) is 81.2 cm³/mol. The molecule has 2 rings (SSSR count). The molecule has 1 amide bonds. The molecule has 0 unspecified atom stereocenters. The lowest BCUT2D eigenvalue weighted by molar-refractivity contribution is 0.0695. The van der Waals surface area contributed by atoms with Gasteiger partial charge in [-0.2, -0.15) is 0 Å². The first-order valence-electron chi connectivity index (χ1n) is 6.46. The fourth-order valence-electron chi connectivity index (χ4n) is 2.58. The average molecular weight is 393 g/mol. The highest BCUT2D eigenvalue weighted by Gasteiger charge is 2.28. The van der Waals surface area contributed by atoms with Gasteiger partial charge in [-0.25, -0.2) is 4.39 Å². The first-order valence-corrected chi connectivity index (χ1v) is 8.37. The number of alkyl halides is 1. The van der Waals surface area contributed by atoms with E-state index in [1.54, 1.807) is 12.1 Å². The van der Waals surface area contributed by atoms with Crippen LogP contribution in [0.5, 0.6) is 0 Å². The summed E-state index contributed by atoms with van der Waals surface area (Å²) in [5.41, 5.74) is 0.410. The molecule has 0 aromatic heterocycles. The molecule has 104 valence electrons. The van der Waals surface area contributed by atoms with E-state index >= 15 is 0 Å². The van der Waals surface area contributed by atoms with Gasteiger partial charge in [0.15, 0.2) is 0 Å². The van der Waals surface area contributed by atoms with Crippen LogP contribution in [-0.4, -0.2) is 28.7 Å². The molecule has 0 radical (unpaired) electrons. The Balaban J connectivity index is 2.25. The van der Waals surface area contributed by atoms with E-state index in [0.29, 0.717) is 18.2 Å². The maximum absolute atomic E-state index is 13.5. The van der Waals surface area contributed by atoms with Crippen LogP contribution in [0.25, 0.3) is 0 Å². The normalized spacial score (nSPS) is 15.7. The maximum atomic E-state index is 13.5. The molecule has 0 saturated heterocycles. The number of hydrogen-bond donors (Lipinski definition) is 0. The van der Waals surface area contributed by atoms with Crippen LogP contribution in [0.3, 0.4) is 0 Å². The molecule has 2 nitrogen and oxygen atoms in total. The topological polar surface area (TPSA) is 20.3 Å². The van der Waals surface area contributed by atoms with Crippen molar-refractivity contribution in [1.82, 2.24) is 4.90 Å². The monoisotopic (exact) mass is 391 g/mol. The zero-order valence-electron chi connectivity index (χ0n) is 10.5. The molecular weight excluding hydrogens is 377 g/mol. The van der Waals surface area contributed by atoms with Crippen molar-refractivity contribution in [2.24, 2.45) is 0 Å². The Hall–Kier alpha value is -0.420. The summed E-state index contributed by atoms with van der Waals surface area (Å²) in [6.45, 7) is 0.659. The summed E-state index contributed by atoms with van der Waals surface area (Å²) in [5.74, 6) is -0.478. The van der Waals surface area contributed by atoms with Gasteiger partial charge >= 0.3 is 0 Å². The van der Waals surface area contributed by atoms with Gasteiger partial charge in [-0.1, -0.05) is 34.8 Å². The van der Waals surface area contributed by atoms with Gasteiger partial charge in [0.05, 0.1) is 10.0 Å². The Kier molecular flexibility index (Phi) is 5.39. The number of carbonyl (C=O) groups excluding carboxylic acids is 1. The molecule has 1 aliphatic rings. The molecule has 0 bridgehead atoms. The van der Waals surface area contributed by atoms with Crippen molar-refractivity contribution >= 4 is 37.8 Å². The van der Waals surface area contributed by atoms with Crippen LogP contribution in [0.15, 0.2) is 22.7 Å². The molecule has 0 heterocycles. The third-order valence-electron chi connectivity index (χ3n) is 3.53. The molecule has 0 atom stereocenters. The zero-order valence-corrected chi connectivity index (χ0v) is 13.7. The summed E-state index contributed by atoms with van der Waals surface area (Å²) in [6.07, 6.45) is 4.43. The van der Waals surface area contributed by atoms with E-state index in [-0.39, 0.29) is 10.4 Å². The van der Waals surface area contributed by atoms with Crippen molar-refractivity contribution in [2.45, 2.75) is 31.7 Å².